The number of carbonyl (C=O) groups is 1. The van der Waals surface area contributed by atoms with E-state index in [1.54, 1.807) is 0 Å². The van der Waals surface area contributed by atoms with Crippen LogP contribution in [0.4, 0.5) is 4.79 Å². The number of nitrogens with one attached hydrogen (secondary N) is 1. The third-order valence-electron chi connectivity index (χ3n) is 2.36. The Hall–Kier alpha value is -1.84. The quantitative estimate of drug-likeness (QED) is 0.666. The van der Waals surface area contributed by atoms with Crippen molar-refractivity contribution in [1.29, 1.82) is 0 Å². The molecule has 4 heteroatoms. The van der Waals surface area contributed by atoms with E-state index in [1.165, 1.54) is 5.56 Å². The molecule has 0 aromatic heterocycles. The Labute approximate surface area is 114 Å². The van der Waals surface area contributed by atoms with Gasteiger partial charge < -0.3 is 4.74 Å². The largest absolute Gasteiger partial charge is 0.443 e. The second kappa shape index (κ2) is 6.92. The number of benzene rings is 1. The van der Waals surface area contributed by atoms with E-state index in [4.69, 9.17) is 4.74 Å². The molecule has 0 aliphatic carbocycles. The number of carbonyl (C=O) groups excluding carboxylic acids is 1. The summed E-state index contributed by atoms with van der Waals surface area (Å²) in [6.07, 6.45) is 0.990. The first kappa shape index (κ1) is 15.2. The fourth-order valence-electron chi connectivity index (χ4n) is 1.50. The Balaban J connectivity index is 2.55. The van der Waals surface area contributed by atoms with Crippen molar-refractivity contribution >= 4 is 11.8 Å². The van der Waals surface area contributed by atoms with E-state index in [0.29, 0.717) is 0 Å². The first-order chi connectivity index (χ1) is 8.90. The molecule has 4 nitrogen and oxygen atoms in total. The van der Waals surface area contributed by atoms with Crippen LogP contribution in [0.2, 0.25) is 0 Å². The molecule has 1 aromatic carbocycles. The standard InChI is InChI=1S/C15H22N2O2/c1-5-13(11-12-9-7-6-8-10-12)16-17-14(18)19-15(2,3)4/h6-10H,5,11H2,1-4H3,(H,17,18). The lowest BCUT2D eigenvalue weighted by molar-refractivity contribution is 0.0529. The van der Waals surface area contributed by atoms with E-state index >= 15 is 0 Å². The van der Waals surface area contributed by atoms with Gasteiger partial charge in [0, 0.05) is 12.1 Å². The minimum atomic E-state index is -0.522. The lowest BCUT2D eigenvalue weighted by Gasteiger charge is -2.18. The van der Waals surface area contributed by atoms with Crippen molar-refractivity contribution in [2.45, 2.75) is 46.1 Å². The van der Waals surface area contributed by atoms with E-state index in [0.717, 1.165) is 18.6 Å². The topological polar surface area (TPSA) is 50.7 Å². The first-order valence-corrected chi connectivity index (χ1v) is 6.49. The molecule has 0 aliphatic rings. The summed E-state index contributed by atoms with van der Waals surface area (Å²) in [5.74, 6) is 0. The SMILES string of the molecule is CCC(Cc1ccccc1)=NNC(=O)OC(C)(C)C. The fourth-order valence-corrected chi connectivity index (χ4v) is 1.50. The maximum Gasteiger partial charge on any atom is 0.428 e. The maximum absolute atomic E-state index is 11.5. The first-order valence-electron chi connectivity index (χ1n) is 6.49. The van der Waals surface area contributed by atoms with Crippen LogP contribution in [0.5, 0.6) is 0 Å². The van der Waals surface area contributed by atoms with Crippen molar-refractivity contribution in [2.24, 2.45) is 5.10 Å². The second-order valence-corrected chi connectivity index (χ2v) is 5.31. The van der Waals surface area contributed by atoms with Gasteiger partial charge in [0.15, 0.2) is 0 Å². The number of amides is 1. The van der Waals surface area contributed by atoms with Gasteiger partial charge in [-0.25, -0.2) is 10.2 Å². The number of hydrazone groups is 1. The molecule has 0 aliphatic heterocycles. The maximum atomic E-state index is 11.5. The molecule has 0 spiro atoms. The van der Waals surface area contributed by atoms with Gasteiger partial charge in [0.2, 0.25) is 0 Å². The summed E-state index contributed by atoms with van der Waals surface area (Å²) < 4.78 is 5.13. The summed E-state index contributed by atoms with van der Waals surface area (Å²) in [7, 11) is 0. The van der Waals surface area contributed by atoms with Gasteiger partial charge in [0.25, 0.3) is 0 Å². The van der Waals surface area contributed by atoms with Crippen LogP contribution in [-0.2, 0) is 11.2 Å². The number of ether oxygens (including phenoxy) is 1. The zero-order valence-electron chi connectivity index (χ0n) is 12.1. The van der Waals surface area contributed by atoms with E-state index in [2.05, 4.69) is 10.5 Å². The predicted octanol–water partition coefficient (Wildman–Crippen LogP) is 3.52. The van der Waals surface area contributed by atoms with Crippen LogP contribution in [0.15, 0.2) is 35.4 Å². The molecule has 0 fully saturated rings. The molecule has 1 N–H and O–H groups in total. The Bertz CT molecular complexity index is 433. The van der Waals surface area contributed by atoms with Crippen LogP contribution in [0.25, 0.3) is 0 Å². The van der Waals surface area contributed by atoms with Crippen molar-refractivity contribution < 1.29 is 9.53 Å². The zero-order chi connectivity index (χ0) is 14.3. The summed E-state index contributed by atoms with van der Waals surface area (Å²) in [6.45, 7) is 7.47. The van der Waals surface area contributed by atoms with Gasteiger partial charge in [-0.1, -0.05) is 37.3 Å². The Kier molecular flexibility index (Phi) is 5.55. The number of hydrogen-bond acceptors (Lipinski definition) is 3. The molecule has 0 saturated heterocycles. The van der Waals surface area contributed by atoms with E-state index in [-0.39, 0.29) is 0 Å². The summed E-state index contributed by atoms with van der Waals surface area (Å²) >= 11 is 0. The van der Waals surface area contributed by atoms with Gasteiger partial charge in [0.1, 0.15) is 5.60 Å². The summed E-state index contributed by atoms with van der Waals surface area (Å²) in [6, 6.07) is 10.0. The molecule has 0 bridgehead atoms. The highest BCUT2D eigenvalue weighted by molar-refractivity contribution is 5.87. The van der Waals surface area contributed by atoms with Gasteiger partial charge >= 0.3 is 6.09 Å². The van der Waals surface area contributed by atoms with Gasteiger partial charge in [-0.05, 0) is 32.8 Å². The number of hydrogen-bond donors (Lipinski definition) is 1. The van der Waals surface area contributed by atoms with E-state index in [9.17, 15) is 4.79 Å². The molecule has 0 unspecified atom stereocenters. The van der Waals surface area contributed by atoms with Crippen molar-refractivity contribution in [3.05, 3.63) is 35.9 Å². The smallest absolute Gasteiger partial charge is 0.428 e. The van der Waals surface area contributed by atoms with Crippen LogP contribution in [0.1, 0.15) is 39.7 Å². The van der Waals surface area contributed by atoms with Crippen molar-refractivity contribution in [2.75, 3.05) is 0 Å². The number of nitrogens with zero attached hydrogens (tertiary/aromatic N) is 1. The third-order valence-corrected chi connectivity index (χ3v) is 2.36. The highest BCUT2D eigenvalue weighted by Crippen LogP contribution is 2.07. The highest BCUT2D eigenvalue weighted by Gasteiger charge is 2.15. The van der Waals surface area contributed by atoms with Gasteiger partial charge in [-0.3, -0.25) is 0 Å². The molecule has 104 valence electrons. The van der Waals surface area contributed by atoms with Crippen molar-refractivity contribution in [3.8, 4) is 0 Å². The van der Waals surface area contributed by atoms with Crippen LogP contribution in [0.3, 0.4) is 0 Å². The summed E-state index contributed by atoms with van der Waals surface area (Å²) in [4.78, 5) is 11.5. The second-order valence-electron chi connectivity index (χ2n) is 5.31. The van der Waals surface area contributed by atoms with Crippen molar-refractivity contribution in [3.63, 3.8) is 0 Å². The van der Waals surface area contributed by atoms with Gasteiger partial charge in [0.05, 0.1) is 0 Å². The Morgan fingerprint density at radius 3 is 2.42 bits per heavy atom. The van der Waals surface area contributed by atoms with Crippen molar-refractivity contribution in [1.82, 2.24) is 5.43 Å². The Morgan fingerprint density at radius 1 is 1.26 bits per heavy atom. The minimum Gasteiger partial charge on any atom is -0.443 e. The molecular weight excluding hydrogens is 240 g/mol. The highest BCUT2D eigenvalue weighted by atomic mass is 16.6. The molecule has 1 aromatic rings. The van der Waals surface area contributed by atoms with E-state index < -0.39 is 11.7 Å². The lowest BCUT2D eigenvalue weighted by Crippen LogP contribution is -2.30. The lowest BCUT2D eigenvalue weighted by atomic mass is 10.1. The molecule has 0 atom stereocenters. The third kappa shape index (κ3) is 6.60. The van der Waals surface area contributed by atoms with Crippen LogP contribution in [-0.4, -0.2) is 17.4 Å². The van der Waals surface area contributed by atoms with Crippen LogP contribution in [0, 0.1) is 0 Å². The molecule has 19 heavy (non-hydrogen) atoms. The van der Waals surface area contributed by atoms with Crippen LogP contribution >= 0.6 is 0 Å². The van der Waals surface area contributed by atoms with E-state index in [1.807, 2.05) is 58.0 Å². The zero-order valence-corrected chi connectivity index (χ0v) is 12.1. The molecule has 0 saturated carbocycles. The minimum absolute atomic E-state index is 0.509. The molecular formula is C15H22N2O2. The Morgan fingerprint density at radius 2 is 1.89 bits per heavy atom. The van der Waals surface area contributed by atoms with Crippen LogP contribution < -0.4 is 5.43 Å². The molecule has 0 radical (unpaired) electrons. The van der Waals surface area contributed by atoms with Gasteiger partial charge in [-0.2, -0.15) is 5.10 Å². The average Bonchev–Trinajstić information content (AvgIpc) is 2.33. The molecule has 1 rings (SSSR count). The average molecular weight is 262 g/mol. The molecule has 1 amide bonds. The normalized spacial score (nSPS) is 12.1. The summed E-state index contributed by atoms with van der Waals surface area (Å²) in [5, 5.41) is 4.11. The van der Waals surface area contributed by atoms with Gasteiger partial charge in [-0.15, -0.1) is 0 Å². The molecule has 0 heterocycles. The monoisotopic (exact) mass is 262 g/mol. The fraction of sp³-hybridized carbons (Fsp3) is 0.467. The number of rotatable bonds is 4. The predicted molar refractivity (Wildman–Crippen MR) is 77.2 cm³/mol. The summed E-state index contributed by atoms with van der Waals surface area (Å²) in [5.41, 5.74) is 4.02.